The number of aromatic nitrogens is 1. The van der Waals surface area contributed by atoms with E-state index in [1.807, 2.05) is 48.0 Å². The Labute approximate surface area is 189 Å². The van der Waals surface area contributed by atoms with Gasteiger partial charge in [0.15, 0.2) is 0 Å². The van der Waals surface area contributed by atoms with Crippen molar-refractivity contribution in [2.24, 2.45) is 0 Å². The third kappa shape index (κ3) is 4.52. The van der Waals surface area contributed by atoms with Crippen LogP contribution in [0.15, 0.2) is 59.6 Å². The van der Waals surface area contributed by atoms with Crippen LogP contribution in [0.1, 0.15) is 37.8 Å². The van der Waals surface area contributed by atoms with Crippen molar-refractivity contribution in [2.45, 2.75) is 43.7 Å². The lowest BCUT2D eigenvalue weighted by molar-refractivity contribution is -0.123. The Kier molecular flexibility index (Phi) is 6.53. The number of nitrogens with one attached hydrogen (secondary N) is 1. The fourth-order valence-electron chi connectivity index (χ4n) is 4.10. The zero-order chi connectivity index (χ0) is 22.7. The summed E-state index contributed by atoms with van der Waals surface area (Å²) < 4.78 is 34.6. The average molecular weight is 456 g/mol. The van der Waals surface area contributed by atoms with E-state index in [4.69, 9.17) is 4.74 Å². The molecule has 3 aromatic rings. The minimum atomic E-state index is -3.49. The monoisotopic (exact) mass is 455 g/mol. The highest BCUT2D eigenvalue weighted by Gasteiger charge is 2.26. The molecule has 1 saturated heterocycles. The van der Waals surface area contributed by atoms with Crippen LogP contribution >= 0.6 is 0 Å². The predicted molar refractivity (Wildman–Crippen MR) is 124 cm³/mol. The van der Waals surface area contributed by atoms with Gasteiger partial charge in [-0.2, -0.15) is 4.31 Å². The summed E-state index contributed by atoms with van der Waals surface area (Å²) in [6, 6.07) is 14.1. The summed E-state index contributed by atoms with van der Waals surface area (Å²) >= 11 is 0. The first-order valence-electron chi connectivity index (χ1n) is 10.9. The van der Waals surface area contributed by atoms with Gasteiger partial charge in [-0.15, -0.1) is 0 Å². The van der Waals surface area contributed by atoms with Crippen LogP contribution in [0.3, 0.4) is 0 Å². The maximum Gasteiger partial charge on any atom is 0.243 e. The Balaban J connectivity index is 1.48. The maximum absolute atomic E-state index is 13.0. The molecule has 1 atom stereocenters. The smallest absolute Gasteiger partial charge is 0.243 e. The average Bonchev–Trinajstić information content (AvgIpc) is 3.26. The first kappa shape index (κ1) is 22.4. The number of ether oxygens (including phenoxy) is 1. The van der Waals surface area contributed by atoms with E-state index < -0.39 is 16.1 Å². The van der Waals surface area contributed by atoms with Gasteiger partial charge >= 0.3 is 0 Å². The third-order valence-electron chi connectivity index (χ3n) is 6.07. The van der Waals surface area contributed by atoms with Crippen LogP contribution in [0.4, 0.5) is 0 Å². The first-order chi connectivity index (χ1) is 15.4. The highest BCUT2D eigenvalue weighted by Crippen LogP contribution is 2.26. The summed E-state index contributed by atoms with van der Waals surface area (Å²) in [7, 11) is -1.87. The van der Waals surface area contributed by atoms with E-state index >= 15 is 0 Å². The largest absolute Gasteiger partial charge is 0.497 e. The quantitative estimate of drug-likeness (QED) is 0.589. The molecule has 170 valence electrons. The van der Waals surface area contributed by atoms with E-state index in [2.05, 4.69) is 5.32 Å². The van der Waals surface area contributed by atoms with Crippen molar-refractivity contribution in [2.75, 3.05) is 20.2 Å². The molecule has 1 fully saturated rings. The lowest BCUT2D eigenvalue weighted by Gasteiger charge is -2.26. The number of piperidine rings is 1. The molecule has 0 spiro atoms. The number of amides is 1. The molecule has 1 aliphatic rings. The number of carbonyl (C=O) groups excluding carboxylic acids is 1. The van der Waals surface area contributed by atoms with Crippen LogP contribution in [0.5, 0.6) is 5.75 Å². The van der Waals surface area contributed by atoms with Crippen molar-refractivity contribution in [3.63, 3.8) is 0 Å². The first-order valence-corrected chi connectivity index (χ1v) is 12.4. The van der Waals surface area contributed by atoms with Crippen molar-refractivity contribution in [3.8, 4) is 5.75 Å². The molecule has 1 N–H and O–H groups in total. The Morgan fingerprint density at radius 1 is 1.06 bits per heavy atom. The number of nitrogens with zero attached hydrogens (tertiary/aromatic N) is 2. The van der Waals surface area contributed by atoms with Crippen LogP contribution in [0.2, 0.25) is 0 Å². The SMILES string of the molecule is COc1ccc(CNC(=O)[C@@H](C)n2ccc3cc(S(=O)(=O)N4CCCCC4)ccc32)cc1. The standard InChI is InChI=1S/C24H29N3O4S/c1-18(24(28)25-17-19-6-8-21(31-2)9-7-19)27-15-12-20-16-22(10-11-23(20)27)32(29,30)26-13-4-3-5-14-26/h6-12,15-16,18H,3-5,13-14,17H2,1-2H3,(H,25,28)/t18-/m1/s1. The fourth-order valence-corrected chi connectivity index (χ4v) is 5.65. The van der Waals surface area contributed by atoms with Crippen molar-refractivity contribution in [3.05, 3.63) is 60.3 Å². The van der Waals surface area contributed by atoms with Gasteiger partial charge in [-0.1, -0.05) is 18.6 Å². The zero-order valence-electron chi connectivity index (χ0n) is 18.5. The fraction of sp³-hybridized carbons (Fsp3) is 0.375. The molecule has 0 radical (unpaired) electrons. The molecule has 0 bridgehead atoms. The van der Waals surface area contributed by atoms with Gasteiger partial charge in [0.05, 0.1) is 12.0 Å². The van der Waals surface area contributed by atoms with Gasteiger partial charge in [0.1, 0.15) is 11.8 Å². The van der Waals surface area contributed by atoms with Crippen LogP contribution in [0.25, 0.3) is 10.9 Å². The van der Waals surface area contributed by atoms with Crippen LogP contribution < -0.4 is 10.1 Å². The summed E-state index contributed by atoms with van der Waals surface area (Å²) in [5.74, 6) is 0.664. The van der Waals surface area contributed by atoms with Gasteiger partial charge in [-0.3, -0.25) is 4.79 Å². The Hall–Kier alpha value is -2.84. The highest BCUT2D eigenvalue weighted by molar-refractivity contribution is 7.89. The van der Waals surface area contributed by atoms with Crippen molar-refractivity contribution >= 4 is 26.8 Å². The molecular weight excluding hydrogens is 426 g/mol. The molecule has 7 nitrogen and oxygen atoms in total. The molecule has 1 aliphatic heterocycles. The molecule has 8 heteroatoms. The summed E-state index contributed by atoms with van der Waals surface area (Å²) in [6.07, 6.45) is 4.72. The number of hydrogen-bond acceptors (Lipinski definition) is 4. The molecule has 1 aromatic heterocycles. The van der Waals surface area contributed by atoms with Gasteiger partial charge in [0, 0.05) is 36.7 Å². The van der Waals surface area contributed by atoms with Crippen LogP contribution in [0, 0.1) is 0 Å². The molecule has 2 heterocycles. The van der Waals surface area contributed by atoms with Gasteiger partial charge in [0.2, 0.25) is 15.9 Å². The molecular formula is C24H29N3O4S. The van der Waals surface area contributed by atoms with E-state index in [1.165, 1.54) is 0 Å². The zero-order valence-corrected chi connectivity index (χ0v) is 19.3. The van der Waals surface area contributed by atoms with Gasteiger partial charge in [-0.05, 0) is 61.7 Å². The molecule has 2 aromatic carbocycles. The van der Waals surface area contributed by atoms with Crippen LogP contribution in [-0.2, 0) is 21.4 Å². The van der Waals surface area contributed by atoms with Gasteiger partial charge in [-0.25, -0.2) is 8.42 Å². The minimum absolute atomic E-state index is 0.108. The number of sulfonamides is 1. The predicted octanol–water partition coefficient (Wildman–Crippen LogP) is 3.70. The van der Waals surface area contributed by atoms with Crippen molar-refractivity contribution < 1.29 is 17.9 Å². The number of fused-ring (bicyclic) bond motifs is 1. The lowest BCUT2D eigenvalue weighted by atomic mass is 10.2. The van der Waals surface area contributed by atoms with Crippen molar-refractivity contribution in [1.29, 1.82) is 0 Å². The normalized spacial score (nSPS) is 16.1. The van der Waals surface area contributed by atoms with Crippen LogP contribution in [-0.4, -0.2) is 43.4 Å². The summed E-state index contributed by atoms with van der Waals surface area (Å²) in [4.78, 5) is 13.1. The Morgan fingerprint density at radius 3 is 2.47 bits per heavy atom. The number of methoxy groups -OCH3 is 1. The molecule has 1 amide bonds. The number of carbonyl (C=O) groups is 1. The molecule has 0 aliphatic carbocycles. The van der Waals surface area contributed by atoms with E-state index in [1.54, 1.807) is 29.6 Å². The topological polar surface area (TPSA) is 80.6 Å². The number of benzene rings is 2. The Bertz CT molecular complexity index is 1200. The van der Waals surface area contributed by atoms with Gasteiger partial charge < -0.3 is 14.6 Å². The second-order valence-corrected chi connectivity index (χ2v) is 10.1. The third-order valence-corrected chi connectivity index (χ3v) is 7.96. The minimum Gasteiger partial charge on any atom is -0.497 e. The Morgan fingerprint density at radius 2 is 1.78 bits per heavy atom. The van der Waals surface area contributed by atoms with E-state index in [0.29, 0.717) is 24.5 Å². The maximum atomic E-state index is 13.0. The lowest BCUT2D eigenvalue weighted by Crippen LogP contribution is -2.35. The number of rotatable bonds is 7. The van der Waals surface area contributed by atoms with Gasteiger partial charge in [0.25, 0.3) is 0 Å². The summed E-state index contributed by atoms with van der Waals surface area (Å²) in [5.41, 5.74) is 1.81. The molecule has 0 saturated carbocycles. The molecule has 4 rings (SSSR count). The second-order valence-electron chi connectivity index (χ2n) is 8.15. The van der Waals surface area contributed by atoms with E-state index in [0.717, 1.165) is 41.5 Å². The van der Waals surface area contributed by atoms with Crippen molar-refractivity contribution in [1.82, 2.24) is 14.2 Å². The summed E-state index contributed by atoms with van der Waals surface area (Å²) in [5, 5.41) is 3.77. The molecule has 32 heavy (non-hydrogen) atoms. The highest BCUT2D eigenvalue weighted by atomic mass is 32.2. The van der Waals surface area contributed by atoms with E-state index in [9.17, 15) is 13.2 Å². The molecule has 0 unspecified atom stereocenters. The number of hydrogen-bond donors (Lipinski definition) is 1. The summed E-state index contributed by atoms with van der Waals surface area (Å²) in [6.45, 7) is 3.41. The second kappa shape index (κ2) is 9.34. The van der Waals surface area contributed by atoms with E-state index in [-0.39, 0.29) is 5.91 Å².